The minimum atomic E-state index is -0.523. The molecule has 0 atom stereocenters. The number of Topliss-reactive ketones (excluding diaryl/α,β-unsaturated/α-hetero) is 1. The summed E-state index contributed by atoms with van der Waals surface area (Å²) in [6, 6.07) is 12.1. The van der Waals surface area contributed by atoms with Crippen molar-refractivity contribution in [1.29, 1.82) is 0 Å². The highest BCUT2D eigenvalue weighted by molar-refractivity contribution is 7.98. The maximum atomic E-state index is 12.9. The molecule has 2 aromatic carbocycles. The van der Waals surface area contributed by atoms with Crippen LogP contribution in [0.4, 0.5) is 5.69 Å². The van der Waals surface area contributed by atoms with Crippen LogP contribution in [0.3, 0.4) is 0 Å². The second-order valence-electron chi connectivity index (χ2n) is 6.94. The van der Waals surface area contributed by atoms with Crippen LogP contribution in [-0.2, 0) is 0 Å². The fourth-order valence-corrected chi connectivity index (χ4v) is 3.88. The molecule has 1 aliphatic heterocycles. The first-order chi connectivity index (χ1) is 13.4. The largest absolute Gasteiger partial charge is 0.338 e. The van der Waals surface area contributed by atoms with E-state index in [1.54, 1.807) is 17.0 Å². The summed E-state index contributed by atoms with van der Waals surface area (Å²) in [4.78, 5) is 38.8. The first kappa shape index (κ1) is 20.1. The van der Waals surface area contributed by atoms with Crippen molar-refractivity contribution in [2.24, 2.45) is 5.92 Å². The van der Waals surface area contributed by atoms with E-state index in [4.69, 9.17) is 0 Å². The number of thioether (sulfide) groups is 1. The first-order valence-electron chi connectivity index (χ1n) is 9.13. The van der Waals surface area contributed by atoms with Crippen molar-refractivity contribution < 1.29 is 14.5 Å². The van der Waals surface area contributed by atoms with Crippen molar-refractivity contribution in [3.8, 4) is 0 Å². The van der Waals surface area contributed by atoms with Gasteiger partial charge < -0.3 is 4.90 Å². The topological polar surface area (TPSA) is 80.5 Å². The predicted octanol–water partition coefficient (Wildman–Crippen LogP) is 4.36. The summed E-state index contributed by atoms with van der Waals surface area (Å²) < 4.78 is 0. The Kier molecular flexibility index (Phi) is 6.14. The number of nitro groups is 1. The number of hydrogen-bond acceptors (Lipinski definition) is 5. The quantitative estimate of drug-likeness (QED) is 0.323. The fraction of sp³-hybridized carbons (Fsp3) is 0.333. The maximum Gasteiger partial charge on any atom is 0.282 e. The Morgan fingerprint density at radius 3 is 2.32 bits per heavy atom. The molecule has 2 aromatic rings. The lowest BCUT2D eigenvalue weighted by atomic mass is 9.88. The highest BCUT2D eigenvalue weighted by atomic mass is 32.2. The molecule has 0 aromatic heterocycles. The number of carbonyl (C=O) groups excluding carboxylic acids is 2. The second-order valence-corrected chi connectivity index (χ2v) is 7.82. The number of nitrogens with zero attached hydrogens (tertiary/aromatic N) is 2. The molecule has 1 heterocycles. The van der Waals surface area contributed by atoms with Crippen molar-refractivity contribution in [2.75, 3.05) is 19.3 Å². The third-order valence-electron chi connectivity index (χ3n) is 5.12. The Bertz CT molecular complexity index is 903. The van der Waals surface area contributed by atoms with Crippen LogP contribution < -0.4 is 0 Å². The zero-order valence-corrected chi connectivity index (χ0v) is 16.7. The van der Waals surface area contributed by atoms with Gasteiger partial charge in [-0.3, -0.25) is 19.7 Å². The van der Waals surface area contributed by atoms with Crippen molar-refractivity contribution in [2.45, 2.75) is 24.7 Å². The molecule has 0 spiro atoms. The Morgan fingerprint density at radius 1 is 1.11 bits per heavy atom. The average molecular weight is 398 g/mol. The van der Waals surface area contributed by atoms with Crippen LogP contribution in [0.15, 0.2) is 47.4 Å². The molecule has 1 aliphatic rings. The summed E-state index contributed by atoms with van der Waals surface area (Å²) >= 11 is 1.43. The van der Waals surface area contributed by atoms with Gasteiger partial charge in [-0.25, -0.2) is 0 Å². The zero-order valence-electron chi connectivity index (χ0n) is 15.9. The minimum Gasteiger partial charge on any atom is -0.338 e. The number of ketones is 1. The van der Waals surface area contributed by atoms with Gasteiger partial charge in [0, 0.05) is 35.5 Å². The standard InChI is InChI=1S/C21H22N2O4S/c1-14-3-5-15(6-4-14)20(24)16-9-11-22(12-10-16)21(25)18-13-17(28-2)7-8-19(18)23(26)27/h3-8,13,16H,9-12H2,1-2H3. The highest BCUT2D eigenvalue weighted by Crippen LogP contribution is 2.28. The van der Waals surface area contributed by atoms with Crippen LogP contribution in [0.2, 0.25) is 0 Å². The van der Waals surface area contributed by atoms with Crippen LogP contribution in [0, 0.1) is 23.0 Å². The van der Waals surface area contributed by atoms with E-state index in [1.165, 1.54) is 17.8 Å². The second kappa shape index (κ2) is 8.56. The molecule has 0 bridgehead atoms. The smallest absolute Gasteiger partial charge is 0.282 e. The number of amides is 1. The van der Waals surface area contributed by atoms with E-state index in [0.29, 0.717) is 31.5 Å². The molecule has 6 nitrogen and oxygen atoms in total. The zero-order chi connectivity index (χ0) is 20.3. The lowest BCUT2D eigenvalue weighted by molar-refractivity contribution is -0.385. The van der Waals surface area contributed by atoms with Gasteiger partial charge in [0.15, 0.2) is 5.78 Å². The van der Waals surface area contributed by atoms with Crippen molar-refractivity contribution >= 4 is 29.1 Å². The molecule has 0 saturated carbocycles. The van der Waals surface area contributed by atoms with Crippen molar-refractivity contribution in [3.05, 3.63) is 69.3 Å². The van der Waals surface area contributed by atoms with Gasteiger partial charge in [0.1, 0.15) is 5.56 Å². The summed E-state index contributed by atoms with van der Waals surface area (Å²) in [6.45, 7) is 2.81. The summed E-state index contributed by atoms with van der Waals surface area (Å²) in [5.74, 6) is -0.370. The third kappa shape index (κ3) is 4.25. The summed E-state index contributed by atoms with van der Waals surface area (Å²) in [6.07, 6.45) is 2.99. The number of benzene rings is 2. The summed E-state index contributed by atoms with van der Waals surface area (Å²) in [5, 5.41) is 11.3. The molecule has 7 heteroatoms. The van der Waals surface area contributed by atoms with Crippen molar-refractivity contribution in [1.82, 2.24) is 4.90 Å². The molecule has 0 radical (unpaired) electrons. The molecule has 3 rings (SSSR count). The molecule has 1 amide bonds. The molecule has 28 heavy (non-hydrogen) atoms. The minimum absolute atomic E-state index is 0.0995. The third-order valence-corrected chi connectivity index (χ3v) is 5.85. The van der Waals surface area contributed by atoms with Gasteiger partial charge in [0.2, 0.25) is 0 Å². The number of rotatable bonds is 5. The van der Waals surface area contributed by atoms with E-state index in [0.717, 1.165) is 10.5 Å². The van der Waals surface area contributed by atoms with E-state index in [1.807, 2.05) is 37.4 Å². The van der Waals surface area contributed by atoms with Crippen molar-refractivity contribution in [3.63, 3.8) is 0 Å². The lowest BCUT2D eigenvalue weighted by Crippen LogP contribution is -2.40. The van der Waals surface area contributed by atoms with E-state index in [-0.39, 0.29) is 28.9 Å². The summed E-state index contributed by atoms with van der Waals surface area (Å²) in [5.41, 5.74) is 1.73. The van der Waals surface area contributed by atoms with Gasteiger partial charge in [-0.1, -0.05) is 29.8 Å². The van der Waals surface area contributed by atoms with Crippen LogP contribution in [0.1, 0.15) is 39.1 Å². The summed E-state index contributed by atoms with van der Waals surface area (Å²) in [7, 11) is 0. The van der Waals surface area contributed by atoms with Crippen LogP contribution in [0.5, 0.6) is 0 Å². The lowest BCUT2D eigenvalue weighted by Gasteiger charge is -2.31. The van der Waals surface area contributed by atoms with Gasteiger partial charge >= 0.3 is 0 Å². The van der Waals surface area contributed by atoms with Gasteiger partial charge in [0.25, 0.3) is 11.6 Å². The molecular weight excluding hydrogens is 376 g/mol. The van der Waals surface area contributed by atoms with Crippen LogP contribution in [-0.4, -0.2) is 40.9 Å². The molecular formula is C21H22N2O4S. The Morgan fingerprint density at radius 2 is 1.75 bits per heavy atom. The van der Waals surface area contributed by atoms with Crippen LogP contribution >= 0.6 is 11.8 Å². The SMILES string of the molecule is CSc1ccc([N+](=O)[O-])c(C(=O)N2CCC(C(=O)c3ccc(C)cc3)CC2)c1. The number of aryl methyl sites for hydroxylation is 1. The molecule has 1 saturated heterocycles. The van der Waals surface area contributed by atoms with Gasteiger partial charge in [-0.2, -0.15) is 0 Å². The molecule has 0 unspecified atom stereocenters. The normalized spacial score (nSPS) is 14.7. The molecule has 1 fully saturated rings. The number of piperidine rings is 1. The van der Waals surface area contributed by atoms with E-state index in [2.05, 4.69) is 0 Å². The van der Waals surface area contributed by atoms with Gasteiger partial charge in [-0.05, 0) is 38.2 Å². The highest BCUT2D eigenvalue weighted by Gasteiger charge is 2.31. The Labute approximate surface area is 168 Å². The molecule has 146 valence electrons. The molecule has 0 N–H and O–H groups in total. The first-order valence-corrected chi connectivity index (χ1v) is 10.4. The van der Waals surface area contributed by atoms with Gasteiger partial charge in [0.05, 0.1) is 4.92 Å². The average Bonchev–Trinajstić information content (AvgIpc) is 2.72. The van der Waals surface area contributed by atoms with Crippen LogP contribution in [0.25, 0.3) is 0 Å². The molecule has 0 aliphatic carbocycles. The monoisotopic (exact) mass is 398 g/mol. The van der Waals surface area contributed by atoms with E-state index >= 15 is 0 Å². The van der Waals surface area contributed by atoms with Gasteiger partial charge in [-0.15, -0.1) is 11.8 Å². The number of carbonyl (C=O) groups is 2. The predicted molar refractivity (Wildman–Crippen MR) is 109 cm³/mol. The fourth-order valence-electron chi connectivity index (χ4n) is 3.44. The number of likely N-dealkylation sites (tertiary alicyclic amines) is 1. The Hall–Kier alpha value is -2.67. The van der Waals surface area contributed by atoms with E-state index < -0.39 is 4.92 Å². The number of hydrogen-bond donors (Lipinski definition) is 0. The van der Waals surface area contributed by atoms with E-state index in [9.17, 15) is 19.7 Å². The maximum absolute atomic E-state index is 12.9. The Balaban J connectivity index is 1.71. The number of nitro benzene ring substituents is 1.